The third-order valence-electron chi connectivity index (χ3n) is 3.90. The molecule has 1 atom stereocenters. The largest absolute Gasteiger partial charge is 0.452 e. The minimum Gasteiger partial charge on any atom is -0.452 e. The molecule has 1 heterocycles. The summed E-state index contributed by atoms with van der Waals surface area (Å²) in [7, 11) is 0. The maximum atomic E-state index is 13.2. The smallest absolute Gasteiger partial charge is 0.338 e. The Morgan fingerprint density at radius 1 is 1.14 bits per heavy atom. The Kier molecular flexibility index (Phi) is 6.14. The van der Waals surface area contributed by atoms with E-state index >= 15 is 0 Å². The van der Waals surface area contributed by atoms with Crippen molar-refractivity contribution in [3.63, 3.8) is 0 Å². The van der Waals surface area contributed by atoms with Crippen LogP contribution in [0.2, 0.25) is 0 Å². The molecule has 3 aromatic rings. The number of rotatable bonds is 6. The number of nitriles is 1. The predicted molar refractivity (Wildman–Crippen MR) is 102 cm³/mol. The molecule has 7 heteroatoms. The summed E-state index contributed by atoms with van der Waals surface area (Å²) in [4.78, 5) is 25.3. The Labute approximate surface area is 165 Å². The van der Waals surface area contributed by atoms with E-state index in [2.05, 4.69) is 5.32 Å². The van der Waals surface area contributed by atoms with Crippen molar-refractivity contribution in [2.45, 2.75) is 6.04 Å². The minimum atomic E-state index is -0.693. The Morgan fingerprint density at radius 2 is 1.93 bits per heavy atom. The van der Waals surface area contributed by atoms with E-state index in [0.29, 0.717) is 11.1 Å². The molecule has 1 amide bonds. The molecule has 0 radical (unpaired) electrons. The summed E-state index contributed by atoms with van der Waals surface area (Å²) >= 11 is 1.45. The van der Waals surface area contributed by atoms with E-state index in [1.165, 1.54) is 35.6 Å². The van der Waals surface area contributed by atoms with Gasteiger partial charge in [0.1, 0.15) is 5.82 Å². The van der Waals surface area contributed by atoms with Gasteiger partial charge in [0.25, 0.3) is 5.91 Å². The van der Waals surface area contributed by atoms with Gasteiger partial charge in [-0.15, -0.1) is 11.3 Å². The second-order valence-electron chi connectivity index (χ2n) is 5.84. The van der Waals surface area contributed by atoms with E-state index in [1.54, 1.807) is 24.3 Å². The van der Waals surface area contributed by atoms with E-state index in [-0.39, 0.29) is 11.4 Å². The number of halogens is 1. The highest BCUT2D eigenvalue weighted by Gasteiger charge is 2.19. The van der Waals surface area contributed by atoms with Crippen LogP contribution in [0.4, 0.5) is 4.39 Å². The van der Waals surface area contributed by atoms with Gasteiger partial charge in [-0.1, -0.05) is 24.3 Å². The topological polar surface area (TPSA) is 79.2 Å². The maximum Gasteiger partial charge on any atom is 0.338 e. The molecule has 0 fully saturated rings. The summed E-state index contributed by atoms with van der Waals surface area (Å²) in [6.07, 6.45) is 0. The Bertz CT molecular complexity index is 1010. The molecule has 5 nitrogen and oxygen atoms in total. The molecule has 0 bridgehead atoms. The van der Waals surface area contributed by atoms with E-state index in [1.807, 2.05) is 23.6 Å². The molecule has 0 unspecified atom stereocenters. The number of carbonyl (C=O) groups is 2. The number of hydrogen-bond acceptors (Lipinski definition) is 5. The van der Waals surface area contributed by atoms with Crippen LogP contribution in [0.25, 0.3) is 0 Å². The fourth-order valence-electron chi connectivity index (χ4n) is 2.56. The van der Waals surface area contributed by atoms with Crippen LogP contribution in [0.15, 0.2) is 66.0 Å². The first-order chi connectivity index (χ1) is 13.6. The highest BCUT2D eigenvalue weighted by Crippen LogP contribution is 2.26. The van der Waals surface area contributed by atoms with Gasteiger partial charge in [-0.3, -0.25) is 4.79 Å². The summed E-state index contributed by atoms with van der Waals surface area (Å²) in [5.74, 6) is -1.55. The van der Waals surface area contributed by atoms with Gasteiger partial charge in [-0.25, -0.2) is 9.18 Å². The zero-order chi connectivity index (χ0) is 19.9. The second kappa shape index (κ2) is 8.93. The lowest BCUT2D eigenvalue weighted by molar-refractivity contribution is -0.124. The third-order valence-corrected chi connectivity index (χ3v) is 4.84. The molecule has 28 heavy (non-hydrogen) atoms. The molecule has 1 N–H and O–H groups in total. The summed E-state index contributed by atoms with van der Waals surface area (Å²) in [6, 6.07) is 17.0. The predicted octanol–water partition coefficient (Wildman–Crippen LogP) is 3.82. The van der Waals surface area contributed by atoms with Crippen LogP contribution in [-0.4, -0.2) is 18.5 Å². The summed E-state index contributed by atoms with van der Waals surface area (Å²) in [5.41, 5.74) is 1.23. The molecule has 3 rings (SSSR count). The lowest BCUT2D eigenvalue weighted by atomic mass is 10.1. The molecule has 0 spiro atoms. The summed E-state index contributed by atoms with van der Waals surface area (Å²) < 4.78 is 18.3. The first-order valence-corrected chi connectivity index (χ1v) is 9.20. The zero-order valence-corrected chi connectivity index (χ0v) is 15.4. The van der Waals surface area contributed by atoms with Crippen molar-refractivity contribution in [3.8, 4) is 6.07 Å². The minimum absolute atomic E-state index is 0.195. The Morgan fingerprint density at radius 3 is 2.61 bits per heavy atom. The summed E-state index contributed by atoms with van der Waals surface area (Å²) in [6.45, 7) is -0.474. The number of hydrogen-bond donors (Lipinski definition) is 1. The van der Waals surface area contributed by atoms with Gasteiger partial charge < -0.3 is 10.1 Å². The van der Waals surface area contributed by atoms with Gasteiger partial charge >= 0.3 is 5.97 Å². The monoisotopic (exact) mass is 394 g/mol. The quantitative estimate of drug-likeness (QED) is 0.645. The van der Waals surface area contributed by atoms with Crippen LogP contribution in [0.1, 0.15) is 32.4 Å². The number of carbonyl (C=O) groups excluding carboxylic acids is 2. The Balaban J connectivity index is 1.66. The lowest BCUT2D eigenvalue weighted by Crippen LogP contribution is -2.32. The van der Waals surface area contributed by atoms with Crippen LogP contribution >= 0.6 is 11.3 Å². The summed E-state index contributed by atoms with van der Waals surface area (Å²) in [5, 5.41) is 13.6. The molecule has 0 aliphatic heterocycles. The second-order valence-corrected chi connectivity index (χ2v) is 6.82. The molecule has 0 aliphatic carbocycles. The number of ether oxygens (including phenoxy) is 1. The van der Waals surface area contributed by atoms with Crippen LogP contribution in [0, 0.1) is 17.1 Å². The molecule has 0 saturated carbocycles. The molecular formula is C21H15FN2O3S. The van der Waals surface area contributed by atoms with Crippen molar-refractivity contribution < 1.29 is 18.7 Å². The van der Waals surface area contributed by atoms with E-state index in [4.69, 9.17) is 10.00 Å². The fourth-order valence-corrected chi connectivity index (χ4v) is 3.36. The van der Waals surface area contributed by atoms with Crippen LogP contribution in [-0.2, 0) is 9.53 Å². The zero-order valence-electron chi connectivity index (χ0n) is 14.6. The first-order valence-electron chi connectivity index (χ1n) is 8.32. The van der Waals surface area contributed by atoms with Gasteiger partial charge in [-0.2, -0.15) is 5.26 Å². The van der Waals surface area contributed by atoms with Crippen LogP contribution in [0.3, 0.4) is 0 Å². The van der Waals surface area contributed by atoms with Crippen molar-refractivity contribution in [3.05, 3.63) is 93.4 Å². The maximum absolute atomic E-state index is 13.2. The number of esters is 1. The van der Waals surface area contributed by atoms with Crippen molar-refractivity contribution in [1.82, 2.24) is 5.32 Å². The fraction of sp³-hybridized carbons (Fsp3) is 0.0952. The molecule has 0 aliphatic rings. The van der Waals surface area contributed by atoms with Crippen molar-refractivity contribution in [2.75, 3.05) is 6.61 Å². The van der Waals surface area contributed by atoms with Gasteiger partial charge in [0.2, 0.25) is 0 Å². The number of nitrogens with zero attached hydrogens (tertiary/aromatic N) is 1. The van der Waals surface area contributed by atoms with E-state index in [0.717, 1.165) is 4.88 Å². The molecular weight excluding hydrogens is 379 g/mol. The SMILES string of the molecule is N#Cc1cccc(C(=O)OCC(=O)N[C@@H](c2ccc(F)cc2)c2cccs2)c1. The van der Waals surface area contributed by atoms with Gasteiger partial charge in [0.15, 0.2) is 6.61 Å². The third kappa shape index (κ3) is 4.81. The van der Waals surface area contributed by atoms with Crippen molar-refractivity contribution in [1.29, 1.82) is 5.26 Å². The molecule has 140 valence electrons. The normalized spacial score (nSPS) is 11.3. The van der Waals surface area contributed by atoms with Crippen LogP contribution < -0.4 is 5.32 Å². The molecule has 0 saturated heterocycles. The Hall–Kier alpha value is -3.50. The standard InChI is InChI=1S/C21H15FN2O3S/c22-17-8-6-15(7-9-17)20(18-5-2-10-28-18)24-19(25)13-27-21(26)16-4-1-3-14(11-16)12-23/h1-11,20H,13H2,(H,24,25)/t20-/m0/s1. The molecule has 1 aromatic heterocycles. The lowest BCUT2D eigenvalue weighted by Gasteiger charge is -2.18. The number of benzene rings is 2. The average molecular weight is 394 g/mol. The number of thiophene rings is 1. The number of amides is 1. The van der Waals surface area contributed by atoms with E-state index < -0.39 is 24.5 Å². The highest BCUT2D eigenvalue weighted by molar-refractivity contribution is 7.10. The van der Waals surface area contributed by atoms with Crippen molar-refractivity contribution in [2.24, 2.45) is 0 Å². The average Bonchev–Trinajstić information content (AvgIpc) is 3.25. The first kappa shape index (κ1) is 19.3. The van der Waals surface area contributed by atoms with Gasteiger partial charge in [0.05, 0.1) is 23.2 Å². The van der Waals surface area contributed by atoms with E-state index in [9.17, 15) is 14.0 Å². The van der Waals surface area contributed by atoms with Gasteiger partial charge in [0, 0.05) is 4.88 Å². The highest BCUT2D eigenvalue weighted by atomic mass is 32.1. The van der Waals surface area contributed by atoms with Crippen molar-refractivity contribution >= 4 is 23.2 Å². The molecule has 2 aromatic carbocycles. The van der Waals surface area contributed by atoms with Gasteiger partial charge in [-0.05, 0) is 47.3 Å². The van der Waals surface area contributed by atoms with Crippen LogP contribution in [0.5, 0.6) is 0 Å². The number of nitrogens with one attached hydrogen (secondary N) is 1.